The molecule has 0 aromatic rings. The van der Waals surface area contributed by atoms with Gasteiger partial charge < -0.3 is 9.64 Å². The fraction of sp³-hybridized carbons (Fsp3) is 0.818. The fourth-order valence-electron chi connectivity index (χ4n) is 2.38. The number of esters is 1. The van der Waals surface area contributed by atoms with Crippen molar-refractivity contribution in [2.24, 2.45) is 5.41 Å². The highest BCUT2D eigenvalue weighted by Crippen LogP contribution is 2.53. The van der Waals surface area contributed by atoms with Crippen LogP contribution in [0.1, 0.15) is 26.2 Å². The van der Waals surface area contributed by atoms with Crippen LogP contribution in [0.2, 0.25) is 0 Å². The summed E-state index contributed by atoms with van der Waals surface area (Å²) in [6.07, 6.45) is 2.03. The first-order valence-corrected chi connectivity index (χ1v) is 5.67. The molecule has 1 heterocycles. The van der Waals surface area contributed by atoms with E-state index in [1.165, 1.54) is 0 Å². The first-order chi connectivity index (χ1) is 7.50. The van der Waals surface area contributed by atoms with Crippen LogP contribution in [0.4, 0.5) is 4.79 Å². The van der Waals surface area contributed by atoms with Crippen molar-refractivity contribution >= 4 is 12.0 Å². The first kappa shape index (κ1) is 11.2. The van der Waals surface area contributed by atoms with E-state index in [-0.39, 0.29) is 23.6 Å². The molecule has 1 unspecified atom stereocenters. The Morgan fingerprint density at radius 1 is 1.50 bits per heavy atom. The van der Waals surface area contributed by atoms with Gasteiger partial charge in [-0.15, -0.1) is 0 Å². The van der Waals surface area contributed by atoms with Gasteiger partial charge in [0.2, 0.25) is 0 Å². The summed E-state index contributed by atoms with van der Waals surface area (Å²) in [5.74, 6) is -0.236. The van der Waals surface area contributed by atoms with E-state index in [2.05, 4.69) is 0 Å². The third kappa shape index (κ3) is 1.64. The largest absolute Gasteiger partial charge is 0.441 e. The Balaban J connectivity index is 2.14. The molecule has 5 nitrogen and oxygen atoms in total. The van der Waals surface area contributed by atoms with Crippen LogP contribution >= 0.6 is 0 Å². The maximum Gasteiger partial charge on any atom is 0.322 e. The summed E-state index contributed by atoms with van der Waals surface area (Å²) in [4.78, 5) is 26.4. The van der Waals surface area contributed by atoms with Crippen LogP contribution < -0.4 is 0 Å². The molecular formula is C11H18N2O3. The van der Waals surface area contributed by atoms with Crippen LogP contribution in [0.3, 0.4) is 0 Å². The molecule has 0 aromatic carbocycles. The van der Waals surface area contributed by atoms with Gasteiger partial charge in [0, 0.05) is 32.5 Å². The Bertz CT molecular complexity index is 325. The van der Waals surface area contributed by atoms with E-state index in [9.17, 15) is 9.59 Å². The predicted molar refractivity (Wildman–Crippen MR) is 57.6 cm³/mol. The zero-order chi connectivity index (χ0) is 11.9. The third-order valence-electron chi connectivity index (χ3n) is 3.48. The summed E-state index contributed by atoms with van der Waals surface area (Å²) in [5, 5.41) is 0. The number of amides is 2. The second kappa shape index (κ2) is 3.64. The number of urea groups is 1. The van der Waals surface area contributed by atoms with Crippen molar-refractivity contribution in [2.75, 3.05) is 20.6 Å². The van der Waals surface area contributed by atoms with E-state index in [0.717, 1.165) is 12.8 Å². The second-order valence-corrected chi connectivity index (χ2v) is 4.81. The van der Waals surface area contributed by atoms with E-state index in [1.54, 1.807) is 30.8 Å². The molecule has 2 fully saturated rings. The molecule has 0 bridgehead atoms. The standard InChI is InChI=1S/C11H18N2O3/c1-4-8(14)16-9-11(5-6-11)7-12(2)10(15)13(9)3/h9H,4-7H2,1-3H3. The summed E-state index contributed by atoms with van der Waals surface area (Å²) >= 11 is 0. The summed E-state index contributed by atoms with van der Waals surface area (Å²) in [5.41, 5.74) is -0.0117. The van der Waals surface area contributed by atoms with Crippen molar-refractivity contribution in [1.82, 2.24) is 9.80 Å². The Morgan fingerprint density at radius 3 is 2.62 bits per heavy atom. The molecule has 2 aliphatic rings. The molecule has 90 valence electrons. The van der Waals surface area contributed by atoms with Crippen LogP contribution in [0.25, 0.3) is 0 Å². The number of rotatable bonds is 2. The summed E-state index contributed by atoms with van der Waals surface area (Å²) < 4.78 is 5.39. The van der Waals surface area contributed by atoms with Gasteiger partial charge in [0.1, 0.15) is 0 Å². The van der Waals surface area contributed by atoms with E-state index in [1.807, 2.05) is 0 Å². The maximum atomic E-state index is 11.8. The number of hydrogen-bond donors (Lipinski definition) is 0. The highest BCUT2D eigenvalue weighted by Gasteiger charge is 2.58. The minimum Gasteiger partial charge on any atom is -0.441 e. The third-order valence-corrected chi connectivity index (χ3v) is 3.48. The van der Waals surface area contributed by atoms with Gasteiger partial charge in [-0.1, -0.05) is 6.92 Å². The molecule has 0 N–H and O–H groups in total. The lowest BCUT2D eigenvalue weighted by atomic mass is 10.0. The van der Waals surface area contributed by atoms with Crippen molar-refractivity contribution in [3.8, 4) is 0 Å². The van der Waals surface area contributed by atoms with Crippen molar-refractivity contribution in [3.05, 3.63) is 0 Å². The fourth-order valence-corrected chi connectivity index (χ4v) is 2.38. The van der Waals surface area contributed by atoms with Gasteiger partial charge in [-0.3, -0.25) is 9.69 Å². The molecule has 2 amide bonds. The monoisotopic (exact) mass is 226 g/mol. The molecule has 16 heavy (non-hydrogen) atoms. The topological polar surface area (TPSA) is 49.9 Å². The normalized spacial score (nSPS) is 27.2. The summed E-state index contributed by atoms with van der Waals surface area (Å²) in [6.45, 7) is 2.45. The lowest BCUT2D eigenvalue weighted by molar-refractivity contribution is -0.166. The Morgan fingerprint density at radius 2 is 2.12 bits per heavy atom. The Hall–Kier alpha value is -1.26. The molecule has 0 aromatic heterocycles. The SMILES string of the molecule is CCC(=O)OC1N(C)C(=O)N(C)CC12CC2. The number of hydrogen-bond acceptors (Lipinski definition) is 3. The van der Waals surface area contributed by atoms with Gasteiger partial charge in [0.05, 0.1) is 0 Å². The minimum absolute atomic E-state index is 0.0117. The molecule has 1 atom stereocenters. The van der Waals surface area contributed by atoms with Crippen LogP contribution in [-0.2, 0) is 9.53 Å². The van der Waals surface area contributed by atoms with Crippen LogP contribution in [0, 0.1) is 5.41 Å². The summed E-state index contributed by atoms with van der Waals surface area (Å²) in [6, 6.07) is -0.0774. The zero-order valence-electron chi connectivity index (χ0n) is 10.0. The molecule has 5 heteroatoms. The maximum absolute atomic E-state index is 11.8. The smallest absolute Gasteiger partial charge is 0.322 e. The van der Waals surface area contributed by atoms with Crippen molar-refractivity contribution in [2.45, 2.75) is 32.4 Å². The molecule has 1 spiro atoms. The van der Waals surface area contributed by atoms with Gasteiger partial charge in [-0.25, -0.2) is 4.79 Å². The number of nitrogens with zero attached hydrogens (tertiary/aromatic N) is 2. The molecule has 1 aliphatic heterocycles. The molecular weight excluding hydrogens is 208 g/mol. The van der Waals surface area contributed by atoms with Gasteiger partial charge in [-0.05, 0) is 12.8 Å². The molecule has 1 saturated heterocycles. The number of ether oxygens (including phenoxy) is 1. The second-order valence-electron chi connectivity index (χ2n) is 4.81. The quantitative estimate of drug-likeness (QED) is 0.661. The first-order valence-electron chi connectivity index (χ1n) is 5.67. The molecule has 0 radical (unpaired) electrons. The minimum atomic E-state index is -0.372. The van der Waals surface area contributed by atoms with Gasteiger partial charge >= 0.3 is 12.0 Å². The van der Waals surface area contributed by atoms with Crippen LogP contribution in [0.15, 0.2) is 0 Å². The van der Waals surface area contributed by atoms with Gasteiger partial charge in [0.15, 0.2) is 6.23 Å². The average Bonchev–Trinajstić information content (AvgIpc) is 3.02. The van der Waals surface area contributed by atoms with E-state index in [4.69, 9.17) is 4.74 Å². The van der Waals surface area contributed by atoms with E-state index < -0.39 is 0 Å². The summed E-state index contributed by atoms with van der Waals surface area (Å²) in [7, 11) is 3.49. The van der Waals surface area contributed by atoms with Crippen molar-refractivity contribution in [1.29, 1.82) is 0 Å². The van der Waals surface area contributed by atoms with Crippen LogP contribution in [-0.4, -0.2) is 48.7 Å². The number of carbonyl (C=O) groups is 2. The van der Waals surface area contributed by atoms with E-state index >= 15 is 0 Å². The Kier molecular flexibility index (Phi) is 2.56. The van der Waals surface area contributed by atoms with Gasteiger partial charge in [-0.2, -0.15) is 0 Å². The molecule has 2 rings (SSSR count). The van der Waals surface area contributed by atoms with Gasteiger partial charge in [0.25, 0.3) is 0 Å². The van der Waals surface area contributed by atoms with Crippen molar-refractivity contribution in [3.63, 3.8) is 0 Å². The van der Waals surface area contributed by atoms with Crippen molar-refractivity contribution < 1.29 is 14.3 Å². The lowest BCUT2D eigenvalue weighted by Gasteiger charge is -2.42. The zero-order valence-corrected chi connectivity index (χ0v) is 10.0. The molecule has 1 saturated carbocycles. The van der Waals surface area contributed by atoms with E-state index in [0.29, 0.717) is 13.0 Å². The Labute approximate surface area is 95.3 Å². The lowest BCUT2D eigenvalue weighted by Crippen LogP contribution is -2.58. The predicted octanol–water partition coefficient (Wildman–Crippen LogP) is 1.04. The highest BCUT2D eigenvalue weighted by atomic mass is 16.6. The number of carbonyl (C=O) groups excluding carboxylic acids is 2. The highest BCUT2D eigenvalue weighted by molar-refractivity contribution is 5.76. The molecule has 1 aliphatic carbocycles. The average molecular weight is 226 g/mol. The van der Waals surface area contributed by atoms with Crippen LogP contribution in [0.5, 0.6) is 0 Å².